The van der Waals surface area contributed by atoms with E-state index in [0.29, 0.717) is 11.8 Å². The first-order valence-electron chi connectivity index (χ1n) is 10.1. The lowest BCUT2D eigenvalue weighted by atomic mass is 9.95. The highest BCUT2D eigenvalue weighted by molar-refractivity contribution is 5.78. The number of carbonyl (C=O) groups excluding carboxylic acids is 1. The number of nitrogens with zero attached hydrogens (tertiary/aromatic N) is 1. The second-order valence-corrected chi connectivity index (χ2v) is 7.80. The van der Waals surface area contributed by atoms with Crippen molar-refractivity contribution in [3.63, 3.8) is 0 Å². The molecule has 2 fully saturated rings. The molecule has 4 rings (SSSR count). The van der Waals surface area contributed by atoms with Gasteiger partial charge in [0.15, 0.2) is 0 Å². The number of piperidine rings is 1. The SMILES string of the molecule is O=C(NCC1CCN(c2ccc(-c3cc[nH]c3)cc2)CC1)C1CCCC1. The molecular weight excluding hydrogens is 322 g/mol. The number of benzene rings is 1. The van der Waals surface area contributed by atoms with E-state index in [1.54, 1.807) is 0 Å². The molecule has 1 saturated carbocycles. The van der Waals surface area contributed by atoms with Crippen LogP contribution in [-0.4, -0.2) is 30.5 Å². The Morgan fingerprint density at radius 3 is 2.38 bits per heavy atom. The Morgan fingerprint density at radius 1 is 1.00 bits per heavy atom. The first-order chi connectivity index (χ1) is 12.8. The third-order valence-corrected chi connectivity index (χ3v) is 6.07. The van der Waals surface area contributed by atoms with Crippen LogP contribution >= 0.6 is 0 Å². The molecule has 0 unspecified atom stereocenters. The first-order valence-corrected chi connectivity index (χ1v) is 10.1. The Labute approximate surface area is 156 Å². The van der Waals surface area contributed by atoms with Crippen LogP contribution in [0, 0.1) is 11.8 Å². The van der Waals surface area contributed by atoms with Gasteiger partial charge in [-0.1, -0.05) is 25.0 Å². The number of aromatic nitrogens is 1. The van der Waals surface area contributed by atoms with Gasteiger partial charge < -0.3 is 15.2 Å². The summed E-state index contributed by atoms with van der Waals surface area (Å²) in [6.07, 6.45) is 10.9. The van der Waals surface area contributed by atoms with Gasteiger partial charge in [-0.3, -0.25) is 4.79 Å². The lowest BCUT2D eigenvalue weighted by Gasteiger charge is -2.34. The highest BCUT2D eigenvalue weighted by Gasteiger charge is 2.24. The van der Waals surface area contributed by atoms with Crippen LogP contribution in [0.2, 0.25) is 0 Å². The van der Waals surface area contributed by atoms with Crippen LogP contribution in [0.3, 0.4) is 0 Å². The van der Waals surface area contributed by atoms with Gasteiger partial charge in [0, 0.05) is 43.6 Å². The van der Waals surface area contributed by atoms with Gasteiger partial charge in [0.1, 0.15) is 0 Å². The molecule has 1 aliphatic heterocycles. The molecule has 26 heavy (non-hydrogen) atoms. The van der Waals surface area contributed by atoms with Crippen LogP contribution in [-0.2, 0) is 4.79 Å². The summed E-state index contributed by atoms with van der Waals surface area (Å²) in [4.78, 5) is 17.8. The molecule has 2 heterocycles. The molecule has 0 atom stereocenters. The number of anilines is 1. The maximum absolute atomic E-state index is 12.2. The zero-order chi connectivity index (χ0) is 17.8. The van der Waals surface area contributed by atoms with E-state index >= 15 is 0 Å². The summed E-state index contributed by atoms with van der Waals surface area (Å²) < 4.78 is 0. The smallest absolute Gasteiger partial charge is 0.223 e. The van der Waals surface area contributed by atoms with Gasteiger partial charge in [0.2, 0.25) is 5.91 Å². The second-order valence-electron chi connectivity index (χ2n) is 7.80. The zero-order valence-corrected chi connectivity index (χ0v) is 15.4. The number of amides is 1. The first kappa shape index (κ1) is 17.2. The zero-order valence-electron chi connectivity index (χ0n) is 15.4. The van der Waals surface area contributed by atoms with E-state index in [-0.39, 0.29) is 5.92 Å². The number of nitrogens with one attached hydrogen (secondary N) is 2. The topological polar surface area (TPSA) is 48.1 Å². The molecule has 4 nitrogen and oxygen atoms in total. The fourth-order valence-electron chi connectivity index (χ4n) is 4.34. The number of hydrogen-bond acceptors (Lipinski definition) is 2. The maximum Gasteiger partial charge on any atom is 0.223 e. The molecule has 138 valence electrons. The van der Waals surface area contributed by atoms with E-state index in [1.807, 2.05) is 12.4 Å². The standard InChI is InChI=1S/C22H29N3O/c26-22(19-3-1-2-4-19)24-15-17-10-13-25(14-11-17)21-7-5-18(6-8-21)20-9-12-23-16-20/h5-9,12,16-17,19,23H,1-4,10-11,13-15H2,(H,24,26). The molecule has 1 amide bonds. The van der Waals surface area contributed by atoms with Gasteiger partial charge >= 0.3 is 0 Å². The number of hydrogen-bond donors (Lipinski definition) is 2. The van der Waals surface area contributed by atoms with Crippen LogP contribution < -0.4 is 10.2 Å². The average molecular weight is 351 g/mol. The monoisotopic (exact) mass is 351 g/mol. The second kappa shape index (κ2) is 7.98. The van der Waals surface area contributed by atoms with E-state index in [0.717, 1.165) is 45.3 Å². The minimum atomic E-state index is 0.286. The van der Waals surface area contributed by atoms with Gasteiger partial charge in [0.05, 0.1) is 0 Å². The molecule has 1 saturated heterocycles. The van der Waals surface area contributed by atoms with Crippen LogP contribution in [0.5, 0.6) is 0 Å². The van der Waals surface area contributed by atoms with E-state index in [4.69, 9.17) is 0 Å². The van der Waals surface area contributed by atoms with Crippen molar-refractivity contribution in [1.29, 1.82) is 0 Å². The number of carbonyl (C=O) groups is 1. The van der Waals surface area contributed by atoms with Crippen LogP contribution in [0.25, 0.3) is 11.1 Å². The molecule has 0 bridgehead atoms. The minimum Gasteiger partial charge on any atom is -0.372 e. The molecule has 4 heteroatoms. The van der Waals surface area contributed by atoms with Crippen molar-refractivity contribution in [1.82, 2.24) is 10.3 Å². The third kappa shape index (κ3) is 3.95. The molecule has 2 aliphatic rings. The molecule has 2 N–H and O–H groups in total. The number of H-pyrrole nitrogens is 1. The van der Waals surface area contributed by atoms with Crippen molar-refractivity contribution in [3.8, 4) is 11.1 Å². The van der Waals surface area contributed by atoms with Gasteiger partial charge in [-0.05, 0) is 60.9 Å². The van der Waals surface area contributed by atoms with Crippen LogP contribution in [0.1, 0.15) is 38.5 Å². The third-order valence-electron chi connectivity index (χ3n) is 6.07. The Kier molecular flexibility index (Phi) is 5.28. The largest absolute Gasteiger partial charge is 0.372 e. The summed E-state index contributed by atoms with van der Waals surface area (Å²) >= 11 is 0. The van der Waals surface area contributed by atoms with Gasteiger partial charge in [-0.15, -0.1) is 0 Å². The lowest BCUT2D eigenvalue weighted by molar-refractivity contribution is -0.125. The van der Waals surface area contributed by atoms with Crippen LogP contribution in [0.15, 0.2) is 42.7 Å². The van der Waals surface area contributed by atoms with Crippen molar-refractivity contribution in [3.05, 3.63) is 42.7 Å². The highest BCUT2D eigenvalue weighted by Crippen LogP contribution is 2.27. The summed E-state index contributed by atoms with van der Waals surface area (Å²) in [7, 11) is 0. The minimum absolute atomic E-state index is 0.286. The Hall–Kier alpha value is -2.23. The quantitative estimate of drug-likeness (QED) is 0.848. The maximum atomic E-state index is 12.2. The van der Waals surface area contributed by atoms with Crippen molar-refractivity contribution in [2.24, 2.45) is 11.8 Å². The number of aromatic amines is 1. The predicted octanol–water partition coefficient (Wildman–Crippen LogP) is 4.20. The lowest BCUT2D eigenvalue weighted by Crippen LogP contribution is -2.39. The Morgan fingerprint density at radius 2 is 1.73 bits per heavy atom. The molecule has 0 radical (unpaired) electrons. The molecule has 2 aromatic rings. The predicted molar refractivity (Wildman–Crippen MR) is 106 cm³/mol. The van der Waals surface area contributed by atoms with Crippen molar-refractivity contribution >= 4 is 11.6 Å². The summed E-state index contributed by atoms with van der Waals surface area (Å²) in [5.41, 5.74) is 3.78. The molecular formula is C22H29N3O. The van der Waals surface area contributed by atoms with E-state index in [9.17, 15) is 4.79 Å². The van der Waals surface area contributed by atoms with Crippen molar-refractivity contribution in [2.75, 3.05) is 24.5 Å². The highest BCUT2D eigenvalue weighted by atomic mass is 16.1. The Bertz CT molecular complexity index is 693. The summed E-state index contributed by atoms with van der Waals surface area (Å²) in [5.74, 6) is 1.20. The van der Waals surface area contributed by atoms with E-state index in [1.165, 1.54) is 29.7 Å². The fraction of sp³-hybridized carbons (Fsp3) is 0.500. The fourth-order valence-corrected chi connectivity index (χ4v) is 4.34. The summed E-state index contributed by atoms with van der Waals surface area (Å²) in [6, 6.07) is 11.0. The average Bonchev–Trinajstić information content (AvgIpc) is 3.41. The molecule has 1 aliphatic carbocycles. The number of rotatable bonds is 5. The summed E-state index contributed by atoms with van der Waals surface area (Å²) in [6.45, 7) is 3.01. The van der Waals surface area contributed by atoms with Gasteiger partial charge in [0.25, 0.3) is 0 Å². The van der Waals surface area contributed by atoms with E-state index < -0.39 is 0 Å². The van der Waals surface area contributed by atoms with Gasteiger partial charge in [-0.2, -0.15) is 0 Å². The molecule has 1 aromatic heterocycles. The normalized spacial score (nSPS) is 19.0. The molecule has 0 spiro atoms. The van der Waals surface area contributed by atoms with Crippen molar-refractivity contribution in [2.45, 2.75) is 38.5 Å². The van der Waals surface area contributed by atoms with E-state index in [2.05, 4.69) is 45.5 Å². The van der Waals surface area contributed by atoms with Gasteiger partial charge in [-0.25, -0.2) is 0 Å². The van der Waals surface area contributed by atoms with Crippen LogP contribution in [0.4, 0.5) is 5.69 Å². The van der Waals surface area contributed by atoms with Crippen molar-refractivity contribution < 1.29 is 4.79 Å². The summed E-state index contributed by atoms with van der Waals surface area (Å²) in [5, 5.41) is 3.21. The Balaban J connectivity index is 1.25. The molecule has 1 aromatic carbocycles.